The lowest BCUT2D eigenvalue weighted by atomic mass is 9.82. The molecule has 0 aromatic rings. The number of hydrogen-bond donors (Lipinski definition) is 3. The second-order valence-corrected chi connectivity index (χ2v) is 4.38. The van der Waals surface area contributed by atoms with Gasteiger partial charge >= 0.3 is 0 Å². The van der Waals surface area contributed by atoms with E-state index in [-0.39, 0.29) is 0 Å². The number of hydrogen-bond acceptors (Lipinski definition) is 3. The van der Waals surface area contributed by atoms with Crippen LogP contribution in [0.2, 0.25) is 0 Å². The number of nitrogens with one attached hydrogen (secondary N) is 2. The van der Waals surface area contributed by atoms with E-state index in [4.69, 9.17) is 5.73 Å². The van der Waals surface area contributed by atoms with E-state index in [0.29, 0.717) is 18.0 Å². The van der Waals surface area contributed by atoms with Gasteiger partial charge in [-0.15, -0.1) is 0 Å². The van der Waals surface area contributed by atoms with E-state index in [2.05, 4.69) is 10.6 Å². The Hall–Kier alpha value is -0.120. The highest BCUT2D eigenvalue weighted by Gasteiger charge is 2.29. The average molecular weight is 183 g/mol. The molecule has 0 aromatic heterocycles. The standard InChI is InChI=1S/C10H21N3/c11-9-7-12-6-4-8(9)10-3-1-2-5-13-10/h8-10,12-13H,1-7,11H2. The predicted molar refractivity (Wildman–Crippen MR) is 54.6 cm³/mol. The van der Waals surface area contributed by atoms with Gasteiger partial charge < -0.3 is 16.4 Å². The molecule has 76 valence electrons. The van der Waals surface area contributed by atoms with Crippen LogP contribution in [-0.4, -0.2) is 31.7 Å². The van der Waals surface area contributed by atoms with Gasteiger partial charge in [0, 0.05) is 18.6 Å². The van der Waals surface area contributed by atoms with Gasteiger partial charge in [-0.1, -0.05) is 6.42 Å². The first-order chi connectivity index (χ1) is 6.38. The van der Waals surface area contributed by atoms with Crippen molar-refractivity contribution < 1.29 is 0 Å². The molecule has 2 rings (SSSR count). The van der Waals surface area contributed by atoms with Gasteiger partial charge in [-0.25, -0.2) is 0 Å². The average Bonchev–Trinajstić information content (AvgIpc) is 2.20. The van der Waals surface area contributed by atoms with E-state index in [0.717, 1.165) is 13.1 Å². The SMILES string of the molecule is NC1CNCCC1C1CCCCN1. The first-order valence-corrected chi connectivity index (χ1v) is 5.57. The largest absolute Gasteiger partial charge is 0.326 e. The zero-order valence-electron chi connectivity index (χ0n) is 8.26. The molecule has 0 spiro atoms. The van der Waals surface area contributed by atoms with Crippen molar-refractivity contribution >= 4 is 0 Å². The van der Waals surface area contributed by atoms with Crippen molar-refractivity contribution in [2.45, 2.75) is 37.8 Å². The van der Waals surface area contributed by atoms with Crippen molar-refractivity contribution in [1.29, 1.82) is 0 Å². The Bertz CT molecular complexity index is 154. The van der Waals surface area contributed by atoms with E-state index >= 15 is 0 Å². The maximum atomic E-state index is 6.11. The molecule has 2 aliphatic rings. The van der Waals surface area contributed by atoms with Crippen LogP contribution in [-0.2, 0) is 0 Å². The highest BCUT2D eigenvalue weighted by molar-refractivity contribution is 4.90. The quantitative estimate of drug-likeness (QED) is 0.539. The molecule has 2 aliphatic heterocycles. The van der Waals surface area contributed by atoms with E-state index in [9.17, 15) is 0 Å². The molecule has 4 N–H and O–H groups in total. The highest BCUT2D eigenvalue weighted by Crippen LogP contribution is 2.21. The van der Waals surface area contributed by atoms with Crippen molar-refractivity contribution in [3.05, 3.63) is 0 Å². The molecule has 0 aromatic carbocycles. The molecule has 3 heteroatoms. The Kier molecular flexibility index (Phi) is 3.19. The van der Waals surface area contributed by atoms with Crippen LogP contribution in [0.4, 0.5) is 0 Å². The van der Waals surface area contributed by atoms with Gasteiger partial charge in [-0.05, 0) is 38.3 Å². The van der Waals surface area contributed by atoms with Gasteiger partial charge in [0.05, 0.1) is 0 Å². The summed E-state index contributed by atoms with van der Waals surface area (Å²) in [5.74, 6) is 0.710. The maximum absolute atomic E-state index is 6.11. The zero-order valence-corrected chi connectivity index (χ0v) is 8.26. The van der Waals surface area contributed by atoms with Gasteiger partial charge in [-0.2, -0.15) is 0 Å². The van der Waals surface area contributed by atoms with E-state index < -0.39 is 0 Å². The van der Waals surface area contributed by atoms with Crippen molar-refractivity contribution in [1.82, 2.24) is 10.6 Å². The third kappa shape index (κ3) is 2.22. The third-order valence-electron chi connectivity index (χ3n) is 3.45. The fourth-order valence-corrected chi connectivity index (χ4v) is 2.65. The van der Waals surface area contributed by atoms with Gasteiger partial charge in [0.1, 0.15) is 0 Å². The van der Waals surface area contributed by atoms with E-state index in [1.807, 2.05) is 0 Å². The Morgan fingerprint density at radius 1 is 1.08 bits per heavy atom. The summed E-state index contributed by atoms with van der Waals surface area (Å²) in [5.41, 5.74) is 6.11. The summed E-state index contributed by atoms with van der Waals surface area (Å²) in [6, 6.07) is 1.06. The van der Waals surface area contributed by atoms with Crippen LogP contribution < -0.4 is 16.4 Å². The van der Waals surface area contributed by atoms with Crippen LogP contribution >= 0.6 is 0 Å². The van der Waals surface area contributed by atoms with E-state index in [1.165, 1.54) is 32.2 Å². The Balaban J connectivity index is 1.88. The summed E-state index contributed by atoms with van der Waals surface area (Å²) < 4.78 is 0. The Morgan fingerprint density at radius 2 is 2.00 bits per heavy atom. The molecule has 2 fully saturated rings. The molecule has 3 atom stereocenters. The molecular formula is C10H21N3. The Morgan fingerprint density at radius 3 is 2.69 bits per heavy atom. The summed E-state index contributed by atoms with van der Waals surface area (Å²) in [7, 11) is 0. The molecule has 0 amide bonds. The molecule has 2 saturated heterocycles. The molecule has 0 bridgehead atoms. The molecule has 0 saturated carbocycles. The second-order valence-electron chi connectivity index (χ2n) is 4.38. The van der Waals surface area contributed by atoms with Crippen LogP contribution in [0.1, 0.15) is 25.7 Å². The van der Waals surface area contributed by atoms with Crippen LogP contribution in [0.15, 0.2) is 0 Å². The lowest BCUT2D eigenvalue weighted by molar-refractivity contribution is 0.217. The molecule has 3 nitrogen and oxygen atoms in total. The lowest BCUT2D eigenvalue weighted by Crippen LogP contribution is -2.54. The van der Waals surface area contributed by atoms with Crippen molar-refractivity contribution in [2.75, 3.05) is 19.6 Å². The van der Waals surface area contributed by atoms with Crippen LogP contribution in [0.25, 0.3) is 0 Å². The zero-order chi connectivity index (χ0) is 9.10. The summed E-state index contributed by atoms with van der Waals surface area (Å²) in [6.45, 7) is 3.35. The minimum atomic E-state index is 0.365. The topological polar surface area (TPSA) is 50.1 Å². The molecule has 0 aliphatic carbocycles. The molecule has 2 heterocycles. The molecule has 13 heavy (non-hydrogen) atoms. The first kappa shape index (κ1) is 9.44. The molecular weight excluding hydrogens is 162 g/mol. The number of piperidine rings is 2. The highest BCUT2D eigenvalue weighted by atomic mass is 15.0. The fourth-order valence-electron chi connectivity index (χ4n) is 2.65. The van der Waals surface area contributed by atoms with Gasteiger partial charge in [0.2, 0.25) is 0 Å². The minimum absolute atomic E-state index is 0.365. The van der Waals surface area contributed by atoms with Crippen molar-refractivity contribution in [3.63, 3.8) is 0 Å². The molecule has 0 radical (unpaired) electrons. The van der Waals surface area contributed by atoms with Crippen molar-refractivity contribution in [2.24, 2.45) is 11.7 Å². The Labute approximate surface area is 80.5 Å². The van der Waals surface area contributed by atoms with Gasteiger partial charge in [0.15, 0.2) is 0 Å². The summed E-state index contributed by atoms with van der Waals surface area (Å²) in [6.07, 6.45) is 5.31. The first-order valence-electron chi connectivity index (χ1n) is 5.57. The van der Waals surface area contributed by atoms with Crippen LogP contribution in [0.3, 0.4) is 0 Å². The smallest absolute Gasteiger partial charge is 0.0209 e. The lowest BCUT2D eigenvalue weighted by Gasteiger charge is -2.38. The van der Waals surface area contributed by atoms with E-state index in [1.54, 1.807) is 0 Å². The monoisotopic (exact) mass is 183 g/mol. The summed E-state index contributed by atoms with van der Waals surface area (Å²) in [4.78, 5) is 0. The second kappa shape index (κ2) is 4.40. The molecule has 3 unspecified atom stereocenters. The predicted octanol–water partition coefficient (Wildman–Crippen LogP) is 0.0653. The maximum Gasteiger partial charge on any atom is 0.0209 e. The fraction of sp³-hybridized carbons (Fsp3) is 1.00. The van der Waals surface area contributed by atoms with Gasteiger partial charge in [0.25, 0.3) is 0 Å². The summed E-state index contributed by atoms with van der Waals surface area (Å²) >= 11 is 0. The normalized spacial score (nSPS) is 41.8. The summed E-state index contributed by atoms with van der Waals surface area (Å²) in [5, 5.41) is 6.96. The van der Waals surface area contributed by atoms with Crippen molar-refractivity contribution in [3.8, 4) is 0 Å². The minimum Gasteiger partial charge on any atom is -0.326 e. The van der Waals surface area contributed by atoms with Crippen LogP contribution in [0, 0.1) is 5.92 Å². The third-order valence-corrected chi connectivity index (χ3v) is 3.45. The van der Waals surface area contributed by atoms with Crippen LogP contribution in [0.5, 0.6) is 0 Å². The number of nitrogens with two attached hydrogens (primary N) is 1. The number of rotatable bonds is 1. The van der Waals surface area contributed by atoms with Gasteiger partial charge in [-0.3, -0.25) is 0 Å².